The van der Waals surface area contributed by atoms with E-state index in [9.17, 15) is 0 Å². The Kier molecular flexibility index (Phi) is 2.92. The van der Waals surface area contributed by atoms with E-state index in [1.54, 1.807) is 0 Å². The molecule has 0 heterocycles. The van der Waals surface area contributed by atoms with Gasteiger partial charge in [0.1, 0.15) is 0 Å². The van der Waals surface area contributed by atoms with Crippen LogP contribution in [0.1, 0.15) is 24.8 Å². The highest BCUT2D eigenvalue weighted by Crippen LogP contribution is 2.37. The Balaban J connectivity index is 2.39. The molecule has 0 fully saturated rings. The maximum Gasteiger partial charge on any atom is 0.0492 e. The van der Waals surface area contributed by atoms with Crippen LogP contribution in [0.2, 0.25) is 0 Å². The van der Waals surface area contributed by atoms with Crippen LogP contribution in [0, 0.1) is 0 Å². The molecular weight excluding hydrogens is 182 g/mol. The number of allylic oxidation sites excluding steroid dienone is 1. The van der Waals surface area contributed by atoms with Gasteiger partial charge < -0.3 is 0 Å². The molecule has 1 aliphatic rings. The van der Waals surface area contributed by atoms with Crippen molar-refractivity contribution in [2.24, 2.45) is 0 Å². The highest BCUT2D eigenvalue weighted by atomic mass is 15.1. The van der Waals surface area contributed by atoms with E-state index >= 15 is 0 Å². The van der Waals surface area contributed by atoms with Crippen LogP contribution < -0.4 is 0 Å². The van der Waals surface area contributed by atoms with Gasteiger partial charge in [0.15, 0.2) is 0 Å². The van der Waals surface area contributed by atoms with Gasteiger partial charge in [-0.1, -0.05) is 42.5 Å². The van der Waals surface area contributed by atoms with Crippen LogP contribution in [-0.2, 0) is 5.54 Å². The van der Waals surface area contributed by atoms with Gasteiger partial charge in [0.2, 0.25) is 0 Å². The van der Waals surface area contributed by atoms with Crippen LogP contribution in [0.5, 0.6) is 0 Å². The molecule has 1 heteroatoms. The Bertz CT molecular complexity index is 340. The van der Waals surface area contributed by atoms with Gasteiger partial charge in [0.25, 0.3) is 0 Å². The molecule has 1 unspecified atom stereocenters. The summed E-state index contributed by atoms with van der Waals surface area (Å²) in [5.74, 6) is 0. The SMILES string of the molecule is CN(C)C1(c2ccccc2)CC=CCC1. The first kappa shape index (κ1) is 10.4. The predicted octanol–water partition coefficient (Wildman–Crippen LogP) is 3.18. The van der Waals surface area contributed by atoms with Gasteiger partial charge in [-0.2, -0.15) is 0 Å². The van der Waals surface area contributed by atoms with Crippen LogP contribution in [0.15, 0.2) is 42.5 Å². The smallest absolute Gasteiger partial charge is 0.0492 e. The van der Waals surface area contributed by atoms with Crippen LogP contribution in [0.25, 0.3) is 0 Å². The van der Waals surface area contributed by atoms with E-state index < -0.39 is 0 Å². The molecule has 0 aliphatic heterocycles. The number of benzene rings is 1. The van der Waals surface area contributed by atoms with Crippen LogP contribution in [0.4, 0.5) is 0 Å². The van der Waals surface area contributed by atoms with Gasteiger partial charge in [-0.05, 0) is 38.9 Å². The molecule has 0 N–H and O–H groups in total. The highest BCUT2D eigenvalue weighted by Gasteiger charge is 2.33. The Labute approximate surface area is 92.4 Å². The quantitative estimate of drug-likeness (QED) is 0.664. The zero-order valence-corrected chi connectivity index (χ0v) is 9.61. The lowest BCUT2D eigenvalue weighted by Crippen LogP contribution is -2.41. The lowest BCUT2D eigenvalue weighted by Gasteiger charge is -2.41. The van der Waals surface area contributed by atoms with Crippen molar-refractivity contribution in [3.63, 3.8) is 0 Å². The summed E-state index contributed by atoms with van der Waals surface area (Å²) in [7, 11) is 4.37. The first-order chi connectivity index (χ1) is 7.26. The summed E-state index contributed by atoms with van der Waals surface area (Å²) in [6.45, 7) is 0. The second kappa shape index (κ2) is 4.19. The summed E-state index contributed by atoms with van der Waals surface area (Å²) in [5.41, 5.74) is 1.66. The van der Waals surface area contributed by atoms with Crippen molar-refractivity contribution in [3.05, 3.63) is 48.0 Å². The van der Waals surface area contributed by atoms with Crippen LogP contribution in [0.3, 0.4) is 0 Å². The maximum absolute atomic E-state index is 2.37. The van der Waals surface area contributed by atoms with Gasteiger partial charge in [-0.3, -0.25) is 4.90 Å². The summed E-state index contributed by atoms with van der Waals surface area (Å²) in [6, 6.07) is 10.9. The highest BCUT2D eigenvalue weighted by molar-refractivity contribution is 5.27. The third-order valence-electron chi connectivity index (χ3n) is 3.51. The summed E-state index contributed by atoms with van der Waals surface area (Å²) in [5, 5.41) is 0. The molecule has 1 nitrogen and oxygen atoms in total. The number of rotatable bonds is 2. The van der Waals surface area contributed by atoms with E-state index in [4.69, 9.17) is 0 Å². The average molecular weight is 201 g/mol. The second-order valence-electron chi connectivity index (χ2n) is 4.51. The van der Waals surface area contributed by atoms with Crippen LogP contribution >= 0.6 is 0 Å². The molecule has 80 valence electrons. The molecule has 1 atom stereocenters. The minimum Gasteiger partial charge on any atom is -0.299 e. The van der Waals surface area contributed by atoms with Crippen molar-refractivity contribution < 1.29 is 0 Å². The van der Waals surface area contributed by atoms with E-state index in [1.165, 1.54) is 18.4 Å². The molecule has 0 spiro atoms. The Morgan fingerprint density at radius 3 is 2.33 bits per heavy atom. The second-order valence-corrected chi connectivity index (χ2v) is 4.51. The van der Waals surface area contributed by atoms with E-state index in [0.717, 1.165) is 6.42 Å². The Hall–Kier alpha value is -1.08. The average Bonchev–Trinajstić information content (AvgIpc) is 2.31. The summed E-state index contributed by atoms with van der Waals surface area (Å²) < 4.78 is 0. The normalized spacial score (nSPS) is 25.8. The van der Waals surface area contributed by atoms with Crippen molar-refractivity contribution in [2.45, 2.75) is 24.8 Å². The third kappa shape index (κ3) is 1.84. The number of hydrogen-bond acceptors (Lipinski definition) is 1. The summed E-state index contributed by atoms with van der Waals surface area (Å²) in [4.78, 5) is 2.37. The minimum atomic E-state index is 0.218. The molecule has 0 saturated heterocycles. The first-order valence-corrected chi connectivity index (χ1v) is 5.64. The molecule has 1 aromatic rings. The summed E-state index contributed by atoms with van der Waals surface area (Å²) >= 11 is 0. The maximum atomic E-state index is 2.37. The van der Waals surface area contributed by atoms with Crippen molar-refractivity contribution in [2.75, 3.05) is 14.1 Å². The van der Waals surface area contributed by atoms with Gasteiger partial charge in [0.05, 0.1) is 0 Å². The topological polar surface area (TPSA) is 3.24 Å². The molecule has 0 amide bonds. The van der Waals surface area contributed by atoms with Crippen molar-refractivity contribution in [1.82, 2.24) is 4.90 Å². The zero-order chi connectivity index (χ0) is 10.7. The Morgan fingerprint density at radius 2 is 1.80 bits per heavy atom. The summed E-state index contributed by atoms with van der Waals surface area (Å²) in [6.07, 6.45) is 8.15. The van der Waals surface area contributed by atoms with Crippen molar-refractivity contribution >= 4 is 0 Å². The standard InChI is InChI=1S/C14H19N/c1-15(2)14(11-7-4-8-12-14)13-9-5-3-6-10-13/h3-7,9-10H,8,11-12H2,1-2H3. The van der Waals surface area contributed by atoms with Crippen LogP contribution in [-0.4, -0.2) is 19.0 Å². The molecule has 0 bridgehead atoms. The van der Waals surface area contributed by atoms with Gasteiger partial charge in [0, 0.05) is 5.54 Å². The first-order valence-electron chi connectivity index (χ1n) is 5.64. The lowest BCUT2D eigenvalue weighted by molar-refractivity contribution is 0.137. The zero-order valence-electron chi connectivity index (χ0n) is 9.61. The predicted molar refractivity (Wildman–Crippen MR) is 64.8 cm³/mol. The van der Waals surface area contributed by atoms with E-state index in [2.05, 4.69) is 61.5 Å². The molecule has 1 aliphatic carbocycles. The molecule has 15 heavy (non-hydrogen) atoms. The largest absolute Gasteiger partial charge is 0.299 e. The molecule has 0 radical (unpaired) electrons. The van der Waals surface area contributed by atoms with Gasteiger partial charge >= 0.3 is 0 Å². The minimum absolute atomic E-state index is 0.218. The molecule has 0 saturated carbocycles. The van der Waals surface area contributed by atoms with E-state index in [0.29, 0.717) is 0 Å². The van der Waals surface area contributed by atoms with Crippen molar-refractivity contribution in [3.8, 4) is 0 Å². The monoisotopic (exact) mass is 201 g/mol. The molecule has 2 rings (SSSR count). The fourth-order valence-corrected chi connectivity index (χ4v) is 2.50. The Morgan fingerprint density at radius 1 is 1.07 bits per heavy atom. The number of nitrogens with zero attached hydrogens (tertiary/aromatic N) is 1. The fourth-order valence-electron chi connectivity index (χ4n) is 2.50. The lowest BCUT2D eigenvalue weighted by atomic mass is 9.78. The third-order valence-corrected chi connectivity index (χ3v) is 3.51. The fraction of sp³-hybridized carbons (Fsp3) is 0.429. The van der Waals surface area contributed by atoms with Gasteiger partial charge in [-0.15, -0.1) is 0 Å². The molecule has 0 aromatic heterocycles. The molecular formula is C14H19N. The van der Waals surface area contributed by atoms with Crippen molar-refractivity contribution in [1.29, 1.82) is 0 Å². The van der Waals surface area contributed by atoms with Gasteiger partial charge in [-0.25, -0.2) is 0 Å². The molecule has 1 aromatic carbocycles. The van der Waals surface area contributed by atoms with E-state index in [-0.39, 0.29) is 5.54 Å². The number of hydrogen-bond donors (Lipinski definition) is 0. The van der Waals surface area contributed by atoms with E-state index in [1.807, 2.05) is 0 Å².